The predicted octanol–water partition coefficient (Wildman–Crippen LogP) is 1.43. The van der Waals surface area contributed by atoms with E-state index in [2.05, 4.69) is 9.24 Å². The number of hydrogen-bond acceptors (Lipinski definition) is 3. The van der Waals surface area contributed by atoms with E-state index in [-0.39, 0.29) is 24.2 Å². The molecular formula is C14H20FN2OPS. The average molecular weight is 314 g/mol. The van der Waals surface area contributed by atoms with Gasteiger partial charge in [-0.3, -0.25) is 4.79 Å². The fourth-order valence-corrected chi connectivity index (χ4v) is 3.47. The molecular weight excluding hydrogens is 294 g/mol. The van der Waals surface area contributed by atoms with Crippen LogP contribution in [-0.4, -0.2) is 35.0 Å². The second-order valence-corrected chi connectivity index (χ2v) is 6.86. The molecule has 6 heteroatoms. The predicted molar refractivity (Wildman–Crippen MR) is 85.8 cm³/mol. The van der Waals surface area contributed by atoms with Gasteiger partial charge < -0.3 is 10.6 Å². The summed E-state index contributed by atoms with van der Waals surface area (Å²) in [7, 11) is 2.59. The zero-order valence-electron chi connectivity index (χ0n) is 11.6. The lowest BCUT2D eigenvalue weighted by molar-refractivity contribution is -0.130. The first-order chi connectivity index (χ1) is 9.47. The molecule has 1 aliphatic rings. The molecule has 110 valence electrons. The Balaban J connectivity index is 1.95. The van der Waals surface area contributed by atoms with E-state index in [0.717, 1.165) is 29.0 Å². The van der Waals surface area contributed by atoms with Gasteiger partial charge in [-0.05, 0) is 41.9 Å². The minimum atomic E-state index is -0.338. The summed E-state index contributed by atoms with van der Waals surface area (Å²) in [6.45, 7) is 2.66. The van der Waals surface area contributed by atoms with Crippen molar-refractivity contribution in [3.63, 3.8) is 0 Å². The quantitative estimate of drug-likeness (QED) is 0.855. The van der Waals surface area contributed by atoms with Gasteiger partial charge in [-0.2, -0.15) is 0 Å². The molecule has 1 aliphatic heterocycles. The Bertz CT molecular complexity index is 506. The lowest BCUT2D eigenvalue weighted by atomic mass is 10.0. The summed E-state index contributed by atoms with van der Waals surface area (Å²) in [4.78, 5) is 13.8. The zero-order chi connectivity index (χ0) is 14.7. The van der Waals surface area contributed by atoms with Crippen LogP contribution >= 0.6 is 21.0 Å². The van der Waals surface area contributed by atoms with Gasteiger partial charge in [-0.1, -0.05) is 0 Å². The van der Waals surface area contributed by atoms with Crippen molar-refractivity contribution in [2.24, 2.45) is 5.73 Å². The van der Waals surface area contributed by atoms with Gasteiger partial charge in [0.2, 0.25) is 5.91 Å². The molecule has 0 aromatic heterocycles. The molecule has 2 atom stereocenters. The maximum Gasteiger partial charge on any atom is 0.224 e. The van der Waals surface area contributed by atoms with Crippen LogP contribution in [0.1, 0.15) is 17.5 Å². The highest BCUT2D eigenvalue weighted by Gasteiger charge is 2.21. The Morgan fingerprint density at radius 3 is 3.00 bits per heavy atom. The summed E-state index contributed by atoms with van der Waals surface area (Å²) in [6.07, 6.45) is 0.667. The van der Waals surface area contributed by atoms with Crippen molar-refractivity contribution in [2.75, 3.05) is 18.2 Å². The number of nitrogens with zero attached hydrogens (tertiary/aromatic N) is 1. The van der Waals surface area contributed by atoms with E-state index < -0.39 is 0 Å². The standard InChI is InChI=1S/C14H20FN2OPS/c1-9-4-12(15)10(6-13(9)19)5-11(16)7-14(18)17-2-3-20-8-17/h4,6,11H,2-3,5,7-8,16,19H2,1H3. The summed E-state index contributed by atoms with van der Waals surface area (Å²) < 4.78 is 13.9. The molecule has 0 spiro atoms. The van der Waals surface area contributed by atoms with Crippen LogP contribution in [0.2, 0.25) is 0 Å². The van der Waals surface area contributed by atoms with Gasteiger partial charge in [0.15, 0.2) is 0 Å². The summed E-state index contributed by atoms with van der Waals surface area (Å²) in [6, 6.07) is 2.98. The van der Waals surface area contributed by atoms with Crippen molar-refractivity contribution in [2.45, 2.75) is 25.8 Å². The van der Waals surface area contributed by atoms with Gasteiger partial charge in [0.05, 0.1) is 5.88 Å². The van der Waals surface area contributed by atoms with Crippen LogP contribution < -0.4 is 11.0 Å². The smallest absolute Gasteiger partial charge is 0.224 e. The Labute approximate surface area is 125 Å². The molecule has 0 radical (unpaired) electrons. The van der Waals surface area contributed by atoms with E-state index >= 15 is 0 Å². The van der Waals surface area contributed by atoms with Gasteiger partial charge in [0.1, 0.15) is 5.82 Å². The molecule has 2 N–H and O–H groups in total. The molecule has 3 nitrogen and oxygen atoms in total. The number of hydrogen-bond donors (Lipinski definition) is 1. The van der Waals surface area contributed by atoms with Gasteiger partial charge in [-0.25, -0.2) is 4.39 Å². The first kappa shape index (κ1) is 15.7. The molecule has 0 aliphatic carbocycles. The number of benzene rings is 1. The van der Waals surface area contributed by atoms with Crippen molar-refractivity contribution in [3.8, 4) is 0 Å². The van der Waals surface area contributed by atoms with Gasteiger partial charge in [0, 0.05) is 24.8 Å². The first-order valence-corrected chi connectivity index (χ1v) is 8.36. The zero-order valence-corrected chi connectivity index (χ0v) is 13.5. The molecule has 0 bridgehead atoms. The number of halogens is 1. The van der Waals surface area contributed by atoms with E-state index in [1.165, 1.54) is 6.07 Å². The maximum absolute atomic E-state index is 13.9. The molecule has 20 heavy (non-hydrogen) atoms. The van der Waals surface area contributed by atoms with Gasteiger partial charge in [-0.15, -0.1) is 21.0 Å². The van der Waals surface area contributed by atoms with Crippen LogP contribution in [0.25, 0.3) is 0 Å². The summed E-state index contributed by atoms with van der Waals surface area (Å²) in [5, 5.41) is 0.968. The van der Waals surface area contributed by atoms with Gasteiger partial charge in [0.25, 0.3) is 0 Å². The summed E-state index contributed by atoms with van der Waals surface area (Å²) >= 11 is 1.75. The Morgan fingerprint density at radius 1 is 1.60 bits per heavy atom. The highest BCUT2D eigenvalue weighted by Crippen LogP contribution is 2.17. The lowest BCUT2D eigenvalue weighted by Crippen LogP contribution is -2.35. The van der Waals surface area contributed by atoms with Crippen LogP contribution in [-0.2, 0) is 11.2 Å². The van der Waals surface area contributed by atoms with Crippen molar-refractivity contribution in [1.29, 1.82) is 0 Å². The van der Waals surface area contributed by atoms with E-state index in [0.29, 0.717) is 12.0 Å². The number of thioether (sulfide) groups is 1. The molecule has 1 amide bonds. The Kier molecular flexibility index (Phi) is 5.42. The van der Waals surface area contributed by atoms with Crippen LogP contribution in [0.15, 0.2) is 12.1 Å². The third kappa shape index (κ3) is 3.94. The van der Waals surface area contributed by atoms with E-state index in [4.69, 9.17) is 5.73 Å². The molecule has 2 unspecified atom stereocenters. The highest BCUT2D eigenvalue weighted by molar-refractivity contribution is 7.99. The molecule has 1 fully saturated rings. The number of amides is 1. The minimum Gasteiger partial charge on any atom is -0.333 e. The number of aryl methyl sites for hydroxylation is 1. The Morgan fingerprint density at radius 2 is 2.35 bits per heavy atom. The molecule has 1 aromatic carbocycles. The number of nitrogens with two attached hydrogens (primary N) is 1. The maximum atomic E-state index is 13.9. The topological polar surface area (TPSA) is 46.3 Å². The molecule has 2 rings (SSSR count). The third-order valence-electron chi connectivity index (χ3n) is 3.46. The minimum absolute atomic E-state index is 0.0705. The van der Waals surface area contributed by atoms with Crippen LogP contribution in [0, 0.1) is 12.7 Å². The number of carbonyl (C=O) groups excluding carboxylic acids is 1. The third-order valence-corrected chi connectivity index (χ3v) is 5.05. The van der Waals surface area contributed by atoms with Crippen molar-refractivity contribution in [1.82, 2.24) is 4.90 Å². The molecule has 1 aromatic rings. The second-order valence-electron chi connectivity index (χ2n) is 5.16. The molecule has 0 saturated carbocycles. The summed E-state index contributed by atoms with van der Waals surface area (Å²) in [5.41, 5.74) is 7.48. The highest BCUT2D eigenvalue weighted by atomic mass is 32.2. The first-order valence-electron chi connectivity index (χ1n) is 6.63. The van der Waals surface area contributed by atoms with Crippen molar-refractivity contribution >= 4 is 32.2 Å². The Hall–Kier alpha value is -0.640. The molecule has 1 heterocycles. The van der Waals surface area contributed by atoms with E-state index in [9.17, 15) is 9.18 Å². The van der Waals surface area contributed by atoms with Crippen LogP contribution in [0.3, 0.4) is 0 Å². The van der Waals surface area contributed by atoms with E-state index in [1.807, 2.05) is 11.8 Å². The van der Waals surface area contributed by atoms with Crippen LogP contribution in [0.5, 0.6) is 0 Å². The summed E-state index contributed by atoms with van der Waals surface area (Å²) in [5.74, 6) is 1.57. The SMILES string of the molecule is Cc1cc(F)c(CC(N)CC(=O)N2CCSC2)cc1P. The van der Waals surface area contributed by atoms with Gasteiger partial charge >= 0.3 is 0 Å². The van der Waals surface area contributed by atoms with Crippen molar-refractivity contribution < 1.29 is 9.18 Å². The van der Waals surface area contributed by atoms with Crippen LogP contribution in [0.4, 0.5) is 4.39 Å². The monoisotopic (exact) mass is 314 g/mol. The second kappa shape index (κ2) is 6.88. The number of carbonyl (C=O) groups is 1. The molecule has 1 saturated heterocycles. The van der Waals surface area contributed by atoms with E-state index in [1.54, 1.807) is 17.8 Å². The largest absolute Gasteiger partial charge is 0.333 e. The number of rotatable bonds is 4. The fourth-order valence-electron chi connectivity index (χ4n) is 2.21. The fraction of sp³-hybridized carbons (Fsp3) is 0.500. The van der Waals surface area contributed by atoms with Crippen molar-refractivity contribution in [3.05, 3.63) is 29.1 Å². The lowest BCUT2D eigenvalue weighted by Gasteiger charge is -2.18. The normalized spacial score (nSPS) is 16.5. The average Bonchev–Trinajstić information content (AvgIpc) is 2.89.